The van der Waals surface area contributed by atoms with E-state index in [2.05, 4.69) is 31.9 Å². The number of carbonyl (C=O) groups is 8. The molecule has 0 heterocycles. The molecule has 0 aliphatic rings. The standard InChI is InChI=1S/C46H70N8O10/c1-7-28(5)38(44(61)51-34(25-30-17-11-9-12-18-30)41(58)49-33(46(63)64)22-23-36(55)56)54-43(60)37(27(3)4)52-45(62)39(29(6)8-2)53-42(59)35(26-31-19-13-10-14-20-31)50-40(57)32(48)21-15-16-24-47/h9-14,17-20,27-29,32-35,37-39H,7-8,15-16,21-26,47-48H2,1-6H3,(H,49,58)(H,50,57)(H,51,61)(H,52,62)(H,53,59)(H,54,60)(H,55,56)(H,63,64)/t28-,29-,32-,33-,34-,35-,37-,38-,39-/m0/s1. The lowest BCUT2D eigenvalue weighted by molar-refractivity contribution is -0.143. The molecule has 0 aliphatic heterocycles. The molecule has 18 heteroatoms. The molecule has 0 fully saturated rings. The lowest BCUT2D eigenvalue weighted by atomic mass is 9.94. The zero-order valence-corrected chi connectivity index (χ0v) is 37.9. The largest absolute Gasteiger partial charge is 0.481 e. The van der Waals surface area contributed by atoms with Crippen LogP contribution >= 0.6 is 0 Å². The summed E-state index contributed by atoms with van der Waals surface area (Å²) in [5.74, 6) is -8.28. The molecular weight excluding hydrogens is 825 g/mol. The van der Waals surface area contributed by atoms with Gasteiger partial charge in [0, 0.05) is 19.3 Å². The predicted octanol–water partition coefficient (Wildman–Crippen LogP) is 1.53. The first-order valence-corrected chi connectivity index (χ1v) is 22.1. The van der Waals surface area contributed by atoms with Crippen LogP contribution in [0.1, 0.15) is 97.6 Å². The first kappa shape index (κ1) is 54.3. The molecule has 0 spiro atoms. The van der Waals surface area contributed by atoms with Crippen molar-refractivity contribution in [1.82, 2.24) is 31.9 Å². The van der Waals surface area contributed by atoms with Crippen molar-refractivity contribution < 1.29 is 48.6 Å². The van der Waals surface area contributed by atoms with Crippen molar-refractivity contribution in [3.8, 4) is 0 Å². The first-order valence-electron chi connectivity index (χ1n) is 22.1. The number of amides is 6. The highest BCUT2D eigenvalue weighted by molar-refractivity contribution is 5.97. The molecule has 0 saturated heterocycles. The van der Waals surface area contributed by atoms with Crippen LogP contribution < -0.4 is 43.4 Å². The molecule has 0 saturated carbocycles. The molecule has 6 amide bonds. The second-order valence-corrected chi connectivity index (χ2v) is 16.7. The topological polar surface area (TPSA) is 301 Å². The smallest absolute Gasteiger partial charge is 0.326 e. The SMILES string of the molecule is CC[C@H](C)[C@H](NC(=O)[C@H](Cc1ccccc1)NC(=O)[C@@H](N)CCCCN)C(=O)N[C@H](C(=O)N[C@H](C(=O)N[C@@H](Cc1ccccc1)C(=O)N[C@@H](CCC(=O)O)C(=O)O)[C@@H](C)CC)C(C)C. The quantitative estimate of drug-likeness (QED) is 0.0521. The Kier molecular flexibility index (Phi) is 23.8. The Bertz CT molecular complexity index is 1830. The summed E-state index contributed by atoms with van der Waals surface area (Å²) in [6, 6.07) is 9.26. The van der Waals surface area contributed by atoms with Gasteiger partial charge < -0.3 is 53.6 Å². The van der Waals surface area contributed by atoms with E-state index in [1.165, 1.54) is 0 Å². The average Bonchev–Trinajstić information content (AvgIpc) is 3.26. The van der Waals surface area contributed by atoms with Gasteiger partial charge in [0.2, 0.25) is 35.4 Å². The van der Waals surface area contributed by atoms with E-state index in [0.717, 1.165) is 5.56 Å². The number of rotatable bonds is 29. The van der Waals surface area contributed by atoms with Crippen molar-refractivity contribution in [2.24, 2.45) is 29.2 Å². The molecule has 12 N–H and O–H groups in total. The second kappa shape index (κ2) is 28.0. The Morgan fingerprint density at radius 2 is 0.938 bits per heavy atom. The number of carbonyl (C=O) groups excluding carboxylic acids is 6. The maximum atomic E-state index is 14.2. The zero-order valence-electron chi connectivity index (χ0n) is 37.9. The molecule has 0 unspecified atom stereocenters. The van der Waals surface area contributed by atoms with E-state index < -0.39 is 120 Å². The van der Waals surface area contributed by atoms with Gasteiger partial charge >= 0.3 is 11.9 Å². The van der Waals surface area contributed by atoms with Crippen molar-refractivity contribution in [1.29, 1.82) is 0 Å². The van der Waals surface area contributed by atoms with Crippen molar-refractivity contribution in [3.05, 3.63) is 71.8 Å². The molecule has 2 rings (SSSR count). The van der Waals surface area contributed by atoms with Crippen molar-refractivity contribution in [2.45, 2.75) is 142 Å². The Morgan fingerprint density at radius 1 is 0.531 bits per heavy atom. The van der Waals surface area contributed by atoms with Gasteiger partial charge in [0.15, 0.2) is 0 Å². The lowest BCUT2D eigenvalue weighted by Crippen LogP contribution is -2.62. The second-order valence-electron chi connectivity index (χ2n) is 16.7. The van der Waals surface area contributed by atoms with Gasteiger partial charge in [-0.05, 0) is 54.7 Å². The van der Waals surface area contributed by atoms with Crippen LogP contribution in [0.5, 0.6) is 0 Å². The number of hydrogen-bond donors (Lipinski definition) is 10. The Balaban J connectivity index is 2.36. The van der Waals surface area contributed by atoms with E-state index >= 15 is 0 Å². The normalized spacial score (nSPS) is 15.4. The predicted molar refractivity (Wildman–Crippen MR) is 241 cm³/mol. The number of carboxylic acids is 2. The van der Waals surface area contributed by atoms with E-state index in [1.54, 1.807) is 77.1 Å². The van der Waals surface area contributed by atoms with Gasteiger partial charge in [-0.15, -0.1) is 0 Å². The van der Waals surface area contributed by atoms with Crippen molar-refractivity contribution in [2.75, 3.05) is 6.54 Å². The van der Waals surface area contributed by atoms with E-state index in [-0.39, 0.29) is 12.8 Å². The molecule has 9 atom stereocenters. The molecule has 354 valence electrons. The zero-order chi connectivity index (χ0) is 47.9. The fourth-order valence-electron chi connectivity index (χ4n) is 6.77. The molecule has 64 heavy (non-hydrogen) atoms. The molecule has 0 aliphatic carbocycles. The van der Waals surface area contributed by atoms with Gasteiger partial charge in [0.1, 0.15) is 36.3 Å². The van der Waals surface area contributed by atoms with Crippen molar-refractivity contribution in [3.63, 3.8) is 0 Å². The molecule has 2 aromatic carbocycles. The molecule has 0 aromatic heterocycles. The van der Waals surface area contributed by atoms with Gasteiger partial charge in [-0.1, -0.05) is 121 Å². The van der Waals surface area contributed by atoms with Gasteiger partial charge in [0.05, 0.1) is 6.04 Å². The van der Waals surface area contributed by atoms with E-state index in [9.17, 15) is 43.5 Å². The summed E-state index contributed by atoms with van der Waals surface area (Å²) >= 11 is 0. The van der Waals surface area contributed by atoms with Crippen LogP contribution in [0.25, 0.3) is 0 Å². The van der Waals surface area contributed by atoms with Crippen LogP contribution in [0.15, 0.2) is 60.7 Å². The number of unbranched alkanes of at least 4 members (excludes halogenated alkanes) is 1. The maximum Gasteiger partial charge on any atom is 0.326 e. The van der Waals surface area contributed by atoms with Gasteiger partial charge in [-0.2, -0.15) is 0 Å². The van der Waals surface area contributed by atoms with E-state index in [1.807, 2.05) is 25.1 Å². The Hall–Kier alpha value is -5.88. The van der Waals surface area contributed by atoms with Crippen LogP contribution in [-0.2, 0) is 51.2 Å². The van der Waals surface area contributed by atoms with Gasteiger partial charge in [-0.25, -0.2) is 4.79 Å². The number of nitrogens with one attached hydrogen (secondary N) is 6. The third kappa shape index (κ3) is 18.5. The summed E-state index contributed by atoms with van der Waals surface area (Å²) in [4.78, 5) is 106. The Morgan fingerprint density at radius 3 is 1.38 bits per heavy atom. The first-order chi connectivity index (χ1) is 30.3. The number of nitrogens with two attached hydrogens (primary N) is 2. The monoisotopic (exact) mass is 895 g/mol. The third-order valence-corrected chi connectivity index (χ3v) is 11.2. The van der Waals surface area contributed by atoms with Crippen LogP contribution in [0, 0.1) is 17.8 Å². The highest BCUT2D eigenvalue weighted by Crippen LogP contribution is 2.15. The third-order valence-electron chi connectivity index (χ3n) is 11.2. The molecule has 18 nitrogen and oxygen atoms in total. The molecule has 2 aromatic rings. The summed E-state index contributed by atoms with van der Waals surface area (Å²) in [6.45, 7) is 11.0. The van der Waals surface area contributed by atoms with Crippen LogP contribution in [0.4, 0.5) is 0 Å². The summed E-state index contributed by atoms with van der Waals surface area (Å²) in [5, 5.41) is 35.0. The van der Waals surface area contributed by atoms with E-state index in [0.29, 0.717) is 44.2 Å². The van der Waals surface area contributed by atoms with Crippen LogP contribution in [0.2, 0.25) is 0 Å². The minimum Gasteiger partial charge on any atom is -0.481 e. The van der Waals surface area contributed by atoms with Crippen LogP contribution in [-0.4, -0.2) is 106 Å². The number of aliphatic carboxylic acids is 2. The van der Waals surface area contributed by atoms with Gasteiger partial charge in [0.25, 0.3) is 0 Å². The molecule has 0 bridgehead atoms. The summed E-state index contributed by atoms with van der Waals surface area (Å²) in [5.41, 5.74) is 13.1. The summed E-state index contributed by atoms with van der Waals surface area (Å²) < 4.78 is 0. The number of carboxylic acid groups (broad SMARTS) is 2. The van der Waals surface area contributed by atoms with E-state index in [4.69, 9.17) is 16.6 Å². The highest BCUT2D eigenvalue weighted by atomic mass is 16.4. The summed E-state index contributed by atoms with van der Waals surface area (Å²) in [7, 11) is 0. The average molecular weight is 895 g/mol. The minimum atomic E-state index is -1.55. The Labute approximate surface area is 376 Å². The number of hydrogen-bond acceptors (Lipinski definition) is 10. The van der Waals surface area contributed by atoms with Crippen LogP contribution in [0.3, 0.4) is 0 Å². The fraction of sp³-hybridized carbons (Fsp3) is 0.565. The maximum absolute atomic E-state index is 14.2. The van der Waals surface area contributed by atoms with Gasteiger partial charge in [-0.3, -0.25) is 33.6 Å². The minimum absolute atomic E-state index is 0.0598. The lowest BCUT2D eigenvalue weighted by Gasteiger charge is -2.31. The summed E-state index contributed by atoms with van der Waals surface area (Å²) in [6.07, 6.45) is 1.68. The van der Waals surface area contributed by atoms with Crippen molar-refractivity contribution >= 4 is 47.4 Å². The highest BCUT2D eigenvalue weighted by Gasteiger charge is 2.37. The fourth-order valence-corrected chi connectivity index (χ4v) is 6.77. The number of benzene rings is 2. The molecule has 0 radical (unpaired) electrons. The molecular formula is C46H70N8O10.